The molecule has 1 heterocycles. The van der Waals surface area contributed by atoms with Crippen molar-refractivity contribution in [1.29, 1.82) is 0 Å². The molecule has 0 bridgehead atoms. The van der Waals surface area contributed by atoms with Crippen LogP contribution in [0.5, 0.6) is 0 Å². The molecule has 0 aliphatic heterocycles. The molecule has 1 amide bonds. The first-order valence-electron chi connectivity index (χ1n) is 8.76. The smallest absolute Gasteiger partial charge is 0.244 e. The molecule has 0 radical (unpaired) electrons. The highest BCUT2D eigenvalue weighted by Gasteiger charge is 2.21. The number of hydrogen-bond donors (Lipinski definition) is 1. The Morgan fingerprint density at radius 1 is 1.26 bits per heavy atom. The first kappa shape index (κ1) is 19.9. The molecule has 27 heavy (non-hydrogen) atoms. The van der Waals surface area contributed by atoms with Crippen molar-refractivity contribution in [3.05, 3.63) is 53.7 Å². The summed E-state index contributed by atoms with van der Waals surface area (Å²) in [7, 11) is -0.534. The van der Waals surface area contributed by atoms with Gasteiger partial charge >= 0.3 is 0 Å². The molecule has 1 N–H and O–H groups in total. The van der Waals surface area contributed by atoms with E-state index in [1.165, 1.54) is 49.2 Å². The van der Waals surface area contributed by atoms with Crippen LogP contribution in [-0.2, 0) is 21.2 Å². The standard InChI is InChI=1S/C19H23N3O3S2/c1-22(2)27(24,25)15-10-11-19(20-12-15)26-13-18(23)21-17-9-5-7-14-6-3-4-8-16(14)17/h3-4,6,8,10-12,17H,5,7,9,13H2,1-2H3,(H,21,23)/t17-/m1/s1. The summed E-state index contributed by atoms with van der Waals surface area (Å²) in [5.41, 5.74) is 2.51. The van der Waals surface area contributed by atoms with E-state index in [9.17, 15) is 13.2 Å². The summed E-state index contributed by atoms with van der Waals surface area (Å²) >= 11 is 1.29. The minimum Gasteiger partial charge on any atom is -0.349 e. The number of pyridine rings is 1. The molecule has 1 atom stereocenters. The number of hydrogen-bond acceptors (Lipinski definition) is 5. The monoisotopic (exact) mass is 405 g/mol. The Labute approximate surface area is 164 Å². The van der Waals surface area contributed by atoms with E-state index >= 15 is 0 Å². The fourth-order valence-corrected chi connectivity index (χ4v) is 4.60. The van der Waals surface area contributed by atoms with Crippen LogP contribution in [0.3, 0.4) is 0 Å². The molecule has 1 aliphatic rings. The topological polar surface area (TPSA) is 79.4 Å². The summed E-state index contributed by atoms with van der Waals surface area (Å²) in [6.45, 7) is 0. The summed E-state index contributed by atoms with van der Waals surface area (Å²) < 4.78 is 25.2. The zero-order valence-corrected chi connectivity index (χ0v) is 17.0. The molecular formula is C19H23N3O3S2. The van der Waals surface area contributed by atoms with Gasteiger partial charge in [0.25, 0.3) is 0 Å². The quantitative estimate of drug-likeness (QED) is 0.748. The fraction of sp³-hybridized carbons (Fsp3) is 0.368. The van der Waals surface area contributed by atoms with Gasteiger partial charge in [0.15, 0.2) is 0 Å². The van der Waals surface area contributed by atoms with Gasteiger partial charge in [0.05, 0.1) is 16.8 Å². The van der Waals surface area contributed by atoms with E-state index in [-0.39, 0.29) is 22.6 Å². The molecule has 0 saturated carbocycles. The SMILES string of the molecule is CN(C)S(=O)(=O)c1ccc(SCC(=O)N[C@@H]2CCCc3ccccc32)nc1. The van der Waals surface area contributed by atoms with E-state index < -0.39 is 10.0 Å². The highest BCUT2D eigenvalue weighted by Crippen LogP contribution is 2.29. The molecule has 6 nitrogen and oxygen atoms in total. The highest BCUT2D eigenvalue weighted by molar-refractivity contribution is 7.99. The minimum atomic E-state index is -3.49. The molecule has 0 spiro atoms. The van der Waals surface area contributed by atoms with Crippen LogP contribution >= 0.6 is 11.8 Å². The summed E-state index contributed by atoms with van der Waals surface area (Å²) in [5, 5.41) is 3.72. The van der Waals surface area contributed by atoms with Crippen LogP contribution in [0.25, 0.3) is 0 Å². The van der Waals surface area contributed by atoms with Gasteiger partial charge in [0.2, 0.25) is 15.9 Å². The Kier molecular flexibility index (Phi) is 6.18. The number of thioether (sulfide) groups is 1. The Morgan fingerprint density at radius 3 is 2.74 bits per heavy atom. The number of benzene rings is 1. The van der Waals surface area contributed by atoms with Gasteiger partial charge in [0.1, 0.15) is 4.90 Å². The zero-order chi connectivity index (χ0) is 19.4. The maximum absolute atomic E-state index is 12.3. The van der Waals surface area contributed by atoms with E-state index in [0.29, 0.717) is 5.03 Å². The first-order valence-corrected chi connectivity index (χ1v) is 11.2. The van der Waals surface area contributed by atoms with Crippen LogP contribution in [0.15, 0.2) is 52.5 Å². The molecule has 2 aromatic rings. The second kappa shape index (κ2) is 8.41. The molecule has 1 aliphatic carbocycles. The van der Waals surface area contributed by atoms with Crippen LogP contribution in [0.1, 0.15) is 30.0 Å². The van der Waals surface area contributed by atoms with E-state index in [4.69, 9.17) is 0 Å². The van der Waals surface area contributed by atoms with Crippen LogP contribution < -0.4 is 5.32 Å². The molecule has 8 heteroatoms. The van der Waals surface area contributed by atoms with Gasteiger partial charge in [-0.2, -0.15) is 0 Å². The Bertz CT molecular complexity index is 912. The average Bonchev–Trinajstić information content (AvgIpc) is 2.67. The number of fused-ring (bicyclic) bond motifs is 1. The summed E-state index contributed by atoms with van der Waals surface area (Å²) in [6, 6.07) is 11.4. The second-order valence-electron chi connectivity index (χ2n) is 6.62. The third-order valence-corrected chi connectivity index (χ3v) is 7.29. The van der Waals surface area contributed by atoms with Crippen molar-refractivity contribution in [3.8, 4) is 0 Å². The maximum Gasteiger partial charge on any atom is 0.244 e. The van der Waals surface area contributed by atoms with Gasteiger partial charge < -0.3 is 5.32 Å². The van der Waals surface area contributed by atoms with Crippen molar-refractivity contribution >= 4 is 27.7 Å². The molecule has 3 rings (SSSR count). The number of nitrogens with one attached hydrogen (secondary N) is 1. The van der Waals surface area contributed by atoms with E-state index in [1.807, 2.05) is 12.1 Å². The molecule has 0 saturated heterocycles. The van der Waals surface area contributed by atoms with Crippen molar-refractivity contribution in [1.82, 2.24) is 14.6 Å². The van der Waals surface area contributed by atoms with Gasteiger partial charge in [-0.05, 0) is 42.5 Å². The second-order valence-corrected chi connectivity index (χ2v) is 9.77. The summed E-state index contributed by atoms with van der Waals surface area (Å²) in [5.74, 6) is 0.194. The van der Waals surface area contributed by atoms with E-state index in [0.717, 1.165) is 23.6 Å². The number of aryl methyl sites for hydroxylation is 1. The molecule has 144 valence electrons. The van der Waals surface area contributed by atoms with E-state index in [2.05, 4.69) is 22.4 Å². The Balaban J connectivity index is 1.57. The van der Waals surface area contributed by atoms with Crippen LogP contribution in [0.4, 0.5) is 0 Å². The fourth-order valence-electron chi connectivity index (χ4n) is 3.09. The lowest BCUT2D eigenvalue weighted by Crippen LogP contribution is -2.32. The molecule has 0 unspecified atom stereocenters. The predicted octanol–water partition coefficient (Wildman–Crippen LogP) is 2.62. The number of sulfonamides is 1. The van der Waals surface area contributed by atoms with Crippen LogP contribution in [0, 0.1) is 0 Å². The molecule has 1 aromatic heterocycles. The van der Waals surface area contributed by atoms with Crippen molar-refractivity contribution in [2.75, 3.05) is 19.8 Å². The highest BCUT2D eigenvalue weighted by atomic mass is 32.2. The zero-order valence-electron chi connectivity index (χ0n) is 15.4. The maximum atomic E-state index is 12.3. The number of nitrogens with zero attached hydrogens (tertiary/aromatic N) is 2. The normalized spacial score (nSPS) is 16.8. The largest absolute Gasteiger partial charge is 0.349 e. The Hall–Kier alpha value is -1.90. The third-order valence-electron chi connectivity index (χ3n) is 4.54. The number of carbonyl (C=O) groups excluding carboxylic acids is 1. The van der Waals surface area contributed by atoms with E-state index in [1.54, 1.807) is 6.07 Å². The Morgan fingerprint density at radius 2 is 2.04 bits per heavy atom. The predicted molar refractivity (Wildman–Crippen MR) is 106 cm³/mol. The number of amides is 1. The van der Waals surface area contributed by atoms with Crippen molar-refractivity contribution < 1.29 is 13.2 Å². The first-order chi connectivity index (χ1) is 12.9. The lowest BCUT2D eigenvalue weighted by atomic mass is 9.88. The van der Waals surface area contributed by atoms with Gasteiger partial charge in [0, 0.05) is 20.3 Å². The van der Waals surface area contributed by atoms with Crippen molar-refractivity contribution in [2.24, 2.45) is 0 Å². The number of aromatic nitrogens is 1. The van der Waals surface area contributed by atoms with Gasteiger partial charge in [-0.15, -0.1) is 0 Å². The van der Waals surface area contributed by atoms with Crippen molar-refractivity contribution in [2.45, 2.75) is 35.2 Å². The minimum absolute atomic E-state index is 0.0477. The number of rotatable bonds is 6. The van der Waals surface area contributed by atoms with Crippen molar-refractivity contribution in [3.63, 3.8) is 0 Å². The lowest BCUT2D eigenvalue weighted by molar-refractivity contribution is -0.119. The summed E-state index contributed by atoms with van der Waals surface area (Å²) in [6.07, 6.45) is 4.40. The van der Waals surface area contributed by atoms with Gasteiger partial charge in [-0.25, -0.2) is 17.7 Å². The molecular weight excluding hydrogens is 382 g/mol. The summed E-state index contributed by atoms with van der Waals surface area (Å²) in [4.78, 5) is 16.6. The third kappa shape index (κ3) is 4.69. The van der Waals surface area contributed by atoms with Gasteiger partial charge in [-0.1, -0.05) is 36.0 Å². The molecule has 0 fully saturated rings. The van der Waals surface area contributed by atoms with Gasteiger partial charge in [-0.3, -0.25) is 4.79 Å². The van der Waals surface area contributed by atoms with Crippen LogP contribution in [-0.4, -0.2) is 43.5 Å². The lowest BCUT2D eigenvalue weighted by Gasteiger charge is -2.26. The van der Waals surface area contributed by atoms with Crippen LogP contribution in [0.2, 0.25) is 0 Å². The number of carbonyl (C=O) groups is 1. The molecule has 1 aromatic carbocycles. The average molecular weight is 406 g/mol.